The predicted octanol–water partition coefficient (Wildman–Crippen LogP) is 5.64. The van der Waals surface area contributed by atoms with Gasteiger partial charge in [-0.15, -0.1) is 10.2 Å². The van der Waals surface area contributed by atoms with E-state index in [9.17, 15) is 4.79 Å². The van der Waals surface area contributed by atoms with Gasteiger partial charge >= 0.3 is 0 Å². The maximum atomic E-state index is 13.3. The van der Waals surface area contributed by atoms with Gasteiger partial charge < -0.3 is 4.74 Å². The highest BCUT2D eigenvalue weighted by molar-refractivity contribution is 9.10. The third-order valence-corrected chi connectivity index (χ3v) is 5.92. The van der Waals surface area contributed by atoms with Gasteiger partial charge in [-0.1, -0.05) is 71.9 Å². The number of benzene rings is 2. The van der Waals surface area contributed by atoms with Crippen molar-refractivity contribution in [2.75, 3.05) is 10.7 Å². The van der Waals surface area contributed by atoms with Gasteiger partial charge in [-0.3, -0.25) is 9.69 Å². The van der Waals surface area contributed by atoms with E-state index in [4.69, 9.17) is 4.74 Å². The van der Waals surface area contributed by atoms with Crippen molar-refractivity contribution in [3.8, 4) is 17.1 Å². The Labute approximate surface area is 188 Å². The Morgan fingerprint density at radius 1 is 1.13 bits per heavy atom. The van der Waals surface area contributed by atoms with E-state index in [0.717, 1.165) is 33.5 Å². The molecule has 30 heavy (non-hydrogen) atoms. The van der Waals surface area contributed by atoms with Crippen molar-refractivity contribution in [2.45, 2.75) is 38.1 Å². The molecular formula is C22H21BrN4O2S. The second-order valence-electron chi connectivity index (χ2n) is 6.73. The summed E-state index contributed by atoms with van der Waals surface area (Å²) >= 11 is 4.98. The number of hydrogen-bond acceptors (Lipinski definition) is 6. The molecule has 6 nitrogen and oxygen atoms in total. The number of hydrogen-bond donors (Lipinski definition) is 0. The summed E-state index contributed by atoms with van der Waals surface area (Å²) in [6.07, 6.45) is 0.500. The highest BCUT2D eigenvalue weighted by Gasteiger charge is 2.35. The molecule has 1 unspecified atom stereocenters. The lowest BCUT2D eigenvalue weighted by molar-refractivity contribution is -0.120. The summed E-state index contributed by atoms with van der Waals surface area (Å²) in [5, 5.41) is 9.22. The molecule has 0 saturated heterocycles. The van der Waals surface area contributed by atoms with Crippen LogP contribution in [0, 0.1) is 0 Å². The second-order valence-corrected chi connectivity index (χ2v) is 8.88. The molecule has 4 rings (SSSR count). The van der Waals surface area contributed by atoms with E-state index in [1.165, 1.54) is 11.8 Å². The number of rotatable bonds is 5. The Morgan fingerprint density at radius 3 is 2.63 bits per heavy atom. The highest BCUT2D eigenvalue weighted by Crippen LogP contribution is 2.43. The van der Waals surface area contributed by atoms with Gasteiger partial charge in [0.25, 0.3) is 0 Å². The zero-order chi connectivity index (χ0) is 21.1. The largest absolute Gasteiger partial charge is 0.447 e. The van der Waals surface area contributed by atoms with Crippen LogP contribution in [0.2, 0.25) is 0 Å². The van der Waals surface area contributed by atoms with Crippen LogP contribution in [0.1, 0.15) is 38.5 Å². The molecule has 0 fully saturated rings. The fourth-order valence-corrected chi connectivity index (χ4v) is 4.12. The number of nitrogens with zero attached hydrogens (tertiary/aromatic N) is 4. The molecule has 1 aliphatic rings. The number of aromatic nitrogens is 3. The lowest BCUT2D eigenvalue weighted by Crippen LogP contribution is -2.37. The first-order valence-corrected chi connectivity index (χ1v) is 11.6. The smallest absolute Gasteiger partial charge is 0.247 e. The van der Waals surface area contributed by atoms with Crippen LogP contribution in [0.25, 0.3) is 11.3 Å². The summed E-state index contributed by atoms with van der Waals surface area (Å²) in [6, 6.07) is 15.5. The Bertz CT molecular complexity index is 1060. The number of ether oxygens (including phenoxy) is 1. The van der Waals surface area contributed by atoms with Gasteiger partial charge in [0.1, 0.15) is 0 Å². The van der Waals surface area contributed by atoms with Crippen molar-refractivity contribution in [3.05, 3.63) is 58.6 Å². The van der Waals surface area contributed by atoms with Crippen LogP contribution in [0.3, 0.4) is 0 Å². The number of carbonyl (C=O) groups excluding carboxylic acids is 1. The predicted molar refractivity (Wildman–Crippen MR) is 122 cm³/mol. The number of amides is 1. The second kappa shape index (κ2) is 9.14. The summed E-state index contributed by atoms with van der Waals surface area (Å²) in [6.45, 7) is 4.03. The Kier molecular flexibility index (Phi) is 6.34. The van der Waals surface area contributed by atoms with Crippen LogP contribution in [-0.4, -0.2) is 26.8 Å². The molecule has 2 heterocycles. The Morgan fingerprint density at radius 2 is 1.90 bits per heavy atom. The van der Waals surface area contributed by atoms with Crippen molar-refractivity contribution >= 4 is 39.3 Å². The normalized spacial score (nSPS) is 15.0. The minimum absolute atomic E-state index is 0.0122. The maximum absolute atomic E-state index is 13.3. The molecule has 0 spiro atoms. The van der Waals surface area contributed by atoms with Crippen LogP contribution < -0.4 is 9.64 Å². The van der Waals surface area contributed by atoms with Crippen molar-refractivity contribution in [1.82, 2.24) is 15.2 Å². The highest BCUT2D eigenvalue weighted by atomic mass is 79.9. The number of fused-ring (bicyclic) bond motifs is 3. The molecule has 1 aromatic heterocycles. The monoisotopic (exact) mass is 484 g/mol. The molecule has 154 valence electrons. The first-order valence-electron chi connectivity index (χ1n) is 9.83. The van der Waals surface area contributed by atoms with E-state index in [1.54, 1.807) is 4.90 Å². The van der Waals surface area contributed by atoms with Crippen molar-refractivity contribution < 1.29 is 9.53 Å². The van der Waals surface area contributed by atoms with Crippen molar-refractivity contribution in [3.63, 3.8) is 0 Å². The number of para-hydroxylation sites is 1. The lowest BCUT2D eigenvalue weighted by atomic mass is 10.1. The van der Waals surface area contributed by atoms with Crippen molar-refractivity contribution in [1.29, 1.82) is 0 Å². The summed E-state index contributed by atoms with van der Waals surface area (Å²) in [5.74, 6) is 1.20. The fraction of sp³-hybridized carbons (Fsp3) is 0.273. The molecule has 1 aliphatic heterocycles. The fourth-order valence-electron chi connectivity index (χ4n) is 3.35. The SMILES string of the molecule is CCCC(=O)N1c2ccccc2-c2nnc(SCC)nc2OC1c1ccc(Br)cc1. The van der Waals surface area contributed by atoms with E-state index in [-0.39, 0.29) is 5.91 Å². The first kappa shape index (κ1) is 20.8. The minimum Gasteiger partial charge on any atom is -0.447 e. The third kappa shape index (κ3) is 4.06. The topological polar surface area (TPSA) is 68.2 Å². The van der Waals surface area contributed by atoms with Gasteiger partial charge in [-0.25, -0.2) is 0 Å². The standard InChI is InChI=1S/C22H21BrN4O2S/c1-3-7-18(28)27-17-9-6-5-8-16(17)19-20(24-22(26-25-19)30-4-2)29-21(27)14-10-12-15(23)13-11-14/h5-6,8-13,21H,3-4,7H2,1-2H3. The molecule has 1 amide bonds. The van der Waals surface area contributed by atoms with Crippen LogP contribution in [0.4, 0.5) is 5.69 Å². The van der Waals surface area contributed by atoms with Crippen molar-refractivity contribution in [2.24, 2.45) is 0 Å². The van der Waals surface area contributed by atoms with Gasteiger partial charge in [-0.05, 0) is 30.4 Å². The zero-order valence-electron chi connectivity index (χ0n) is 16.7. The quantitative estimate of drug-likeness (QED) is 0.436. The molecule has 8 heteroatoms. The number of carbonyl (C=O) groups is 1. The summed E-state index contributed by atoms with van der Waals surface area (Å²) in [7, 11) is 0. The van der Waals surface area contributed by atoms with Gasteiger partial charge in [0.2, 0.25) is 23.2 Å². The molecule has 0 bridgehead atoms. The molecule has 3 aromatic rings. The molecular weight excluding hydrogens is 464 g/mol. The lowest BCUT2D eigenvalue weighted by Gasteiger charge is -2.31. The summed E-state index contributed by atoms with van der Waals surface area (Å²) in [4.78, 5) is 19.6. The number of thioether (sulfide) groups is 1. The average Bonchev–Trinajstić information content (AvgIpc) is 2.89. The summed E-state index contributed by atoms with van der Waals surface area (Å²) in [5.41, 5.74) is 2.92. The average molecular weight is 485 g/mol. The van der Waals surface area contributed by atoms with Crippen LogP contribution >= 0.6 is 27.7 Å². The molecule has 0 radical (unpaired) electrons. The van der Waals surface area contributed by atoms with Crippen LogP contribution in [0.15, 0.2) is 58.2 Å². The van der Waals surface area contributed by atoms with Gasteiger partial charge in [-0.2, -0.15) is 4.98 Å². The summed E-state index contributed by atoms with van der Waals surface area (Å²) < 4.78 is 7.35. The van der Waals surface area contributed by atoms with E-state index < -0.39 is 6.23 Å². The van der Waals surface area contributed by atoms with E-state index in [2.05, 4.69) is 31.1 Å². The molecule has 0 N–H and O–H groups in total. The van der Waals surface area contributed by atoms with Gasteiger partial charge in [0, 0.05) is 22.0 Å². The number of anilines is 1. The minimum atomic E-state index is -0.657. The zero-order valence-corrected chi connectivity index (χ0v) is 19.1. The third-order valence-electron chi connectivity index (χ3n) is 4.67. The Hall–Kier alpha value is -2.45. The van der Waals surface area contributed by atoms with E-state index in [0.29, 0.717) is 23.2 Å². The van der Waals surface area contributed by atoms with E-state index >= 15 is 0 Å². The van der Waals surface area contributed by atoms with Gasteiger partial charge in [0.05, 0.1) is 5.69 Å². The van der Waals surface area contributed by atoms with Gasteiger partial charge in [0.15, 0.2) is 5.69 Å². The maximum Gasteiger partial charge on any atom is 0.247 e. The van der Waals surface area contributed by atoms with Crippen LogP contribution in [0.5, 0.6) is 5.88 Å². The molecule has 0 saturated carbocycles. The van der Waals surface area contributed by atoms with E-state index in [1.807, 2.05) is 62.4 Å². The molecule has 1 atom stereocenters. The Balaban J connectivity index is 1.92. The molecule has 2 aromatic carbocycles. The number of halogens is 1. The first-order chi connectivity index (χ1) is 14.6. The van der Waals surface area contributed by atoms with Crippen LogP contribution in [-0.2, 0) is 4.79 Å². The molecule has 0 aliphatic carbocycles.